The van der Waals surface area contributed by atoms with Crippen LogP contribution in [0.3, 0.4) is 0 Å². The van der Waals surface area contributed by atoms with Gasteiger partial charge in [0.05, 0.1) is 0 Å². The van der Waals surface area contributed by atoms with Crippen LogP contribution >= 0.6 is 0 Å². The van der Waals surface area contributed by atoms with Crippen LogP contribution in [0.15, 0.2) is 24.5 Å². The van der Waals surface area contributed by atoms with E-state index in [2.05, 4.69) is 20.5 Å². The van der Waals surface area contributed by atoms with Crippen molar-refractivity contribution in [2.75, 3.05) is 31.1 Å². The van der Waals surface area contributed by atoms with Crippen LogP contribution in [0.5, 0.6) is 0 Å². The van der Waals surface area contributed by atoms with E-state index >= 15 is 0 Å². The van der Waals surface area contributed by atoms with Crippen molar-refractivity contribution < 1.29 is 14.4 Å². The summed E-state index contributed by atoms with van der Waals surface area (Å²) in [7, 11) is 0. The van der Waals surface area contributed by atoms with E-state index in [1.165, 1.54) is 0 Å². The van der Waals surface area contributed by atoms with Gasteiger partial charge in [0.2, 0.25) is 5.91 Å². The molecule has 4 rings (SSSR count). The molecule has 2 aliphatic heterocycles. The molecule has 4 amide bonds. The average Bonchev–Trinajstić information content (AvgIpc) is 3.47. The maximum Gasteiger partial charge on any atom is 0.322 e. The minimum Gasteiger partial charge on any atom is -0.368 e. The minimum atomic E-state index is -0.883. The van der Waals surface area contributed by atoms with Crippen molar-refractivity contribution in [2.45, 2.75) is 31.2 Å². The normalized spacial score (nSPS) is 25.8. The summed E-state index contributed by atoms with van der Waals surface area (Å²) >= 11 is 0. The molecule has 0 aromatic carbocycles. The molecular formula is C18H23N5O3. The molecule has 1 aliphatic carbocycles. The van der Waals surface area contributed by atoms with Gasteiger partial charge in [-0.05, 0) is 37.3 Å². The van der Waals surface area contributed by atoms with Crippen molar-refractivity contribution in [3.8, 4) is 0 Å². The Balaban J connectivity index is 1.32. The van der Waals surface area contributed by atoms with Crippen molar-refractivity contribution in [2.24, 2.45) is 5.92 Å². The first-order chi connectivity index (χ1) is 12.6. The van der Waals surface area contributed by atoms with Crippen LogP contribution in [0.4, 0.5) is 10.5 Å². The zero-order valence-electron chi connectivity index (χ0n) is 14.6. The Morgan fingerprint density at radius 1 is 1.15 bits per heavy atom. The van der Waals surface area contributed by atoms with E-state index < -0.39 is 11.6 Å². The summed E-state index contributed by atoms with van der Waals surface area (Å²) in [5.74, 6) is -0.0704. The highest BCUT2D eigenvalue weighted by Crippen LogP contribution is 2.43. The lowest BCUT2D eigenvalue weighted by molar-refractivity contribution is -0.132. The van der Waals surface area contributed by atoms with Crippen molar-refractivity contribution >= 4 is 23.5 Å². The molecule has 8 heteroatoms. The fourth-order valence-electron chi connectivity index (χ4n) is 3.98. The Labute approximate surface area is 151 Å². The highest BCUT2D eigenvalue weighted by molar-refractivity contribution is 6.07. The molecule has 1 saturated carbocycles. The Hall–Kier alpha value is -2.64. The molecule has 1 unspecified atom stereocenters. The molecule has 3 fully saturated rings. The molecular weight excluding hydrogens is 334 g/mol. The number of nitrogens with one attached hydrogen (secondary N) is 2. The van der Waals surface area contributed by atoms with Crippen molar-refractivity contribution in [1.29, 1.82) is 0 Å². The number of imide groups is 1. The summed E-state index contributed by atoms with van der Waals surface area (Å²) < 4.78 is 0. The van der Waals surface area contributed by atoms with Gasteiger partial charge in [-0.1, -0.05) is 0 Å². The van der Waals surface area contributed by atoms with Gasteiger partial charge < -0.3 is 15.1 Å². The molecule has 1 aromatic rings. The van der Waals surface area contributed by atoms with Crippen LogP contribution in [-0.4, -0.2) is 59.4 Å². The first kappa shape index (κ1) is 16.8. The first-order valence-corrected chi connectivity index (χ1v) is 9.15. The Morgan fingerprint density at radius 3 is 2.42 bits per heavy atom. The van der Waals surface area contributed by atoms with E-state index in [9.17, 15) is 14.4 Å². The predicted octanol–water partition coefficient (Wildman–Crippen LogP) is 0.499. The zero-order chi connectivity index (χ0) is 18.1. The van der Waals surface area contributed by atoms with E-state index in [4.69, 9.17) is 0 Å². The van der Waals surface area contributed by atoms with Gasteiger partial charge in [-0.2, -0.15) is 0 Å². The summed E-state index contributed by atoms with van der Waals surface area (Å²) in [5, 5.41) is 5.11. The van der Waals surface area contributed by atoms with Crippen LogP contribution in [0.1, 0.15) is 25.7 Å². The van der Waals surface area contributed by atoms with Crippen LogP contribution in [-0.2, 0) is 9.59 Å². The van der Waals surface area contributed by atoms with Gasteiger partial charge in [0, 0.05) is 50.7 Å². The third kappa shape index (κ3) is 3.11. The third-order valence-electron chi connectivity index (χ3n) is 5.64. The second-order valence-electron chi connectivity index (χ2n) is 7.23. The number of amides is 4. The molecule has 1 atom stereocenters. The number of rotatable bonds is 5. The summed E-state index contributed by atoms with van der Waals surface area (Å²) in [5.41, 5.74) is 0.233. The molecule has 0 bridgehead atoms. The van der Waals surface area contributed by atoms with E-state index in [-0.39, 0.29) is 24.2 Å². The molecule has 2 N–H and O–H groups in total. The van der Waals surface area contributed by atoms with Gasteiger partial charge in [0.15, 0.2) is 0 Å². The number of urea groups is 1. The number of anilines is 1. The smallest absolute Gasteiger partial charge is 0.322 e. The molecule has 138 valence electrons. The van der Waals surface area contributed by atoms with Gasteiger partial charge >= 0.3 is 6.03 Å². The minimum absolute atomic E-state index is 0.0494. The van der Waals surface area contributed by atoms with Gasteiger partial charge in [-0.3, -0.25) is 19.9 Å². The van der Waals surface area contributed by atoms with Crippen LogP contribution in [0.2, 0.25) is 0 Å². The lowest BCUT2D eigenvalue weighted by Crippen LogP contribution is -2.51. The van der Waals surface area contributed by atoms with Crippen molar-refractivity contribution in [3.05, 3.63) is 24.5 Å². The number of nitrogens with zero attached hydrogens (tertiary/aromatic N) is 3. The van der Waals surface area contributed by atoms with Crippen LogP contribution in [0, 0.1) is 5.92 Å². The molecule has 3 heterocycles. The SMILES string of the molecule is O=C1NC(=O)C(CCC(=O)N2CCN(c3ccncc3)CC2)(C2CC2)N1. The lowest BCUT2D eigenvalue weighted by Gasteiger charge is -2.36. The quantitative estimate of drug-likeness (QED) is 0.749. The number of hydrogen-bond acceptors (Lipinski definition) is 5. The first-order valence-electron chi connectivity index (χ1n) is 9.15. The summed E-state index contributed by atoms with van der Waals surface area (Å²) in [6.07, 6.45) is 6.04. The fraction of sp³-hybridized carbons (Fsp3) is 0.556. The third-order valence-corrected chi connectivity index (χ3v) is 5.64. The van der Waals surface area contributed by atoms with Crippen LogP contribution < -0.4 is 15.5 Å². The summed E-state index contributed by atoms with van der Waals surface area (Å²) in [6.45, 7) is 2.88. The molecule has 1 aromatic heterocycles. The number of aromatic nitrogens is 1. The molecule has 26 heavy (non-hydrogen) atoms. The molecule has 3 aliphatic rings. The van der Waals surface area contributed by atoms with E-state index in [1.54, 1.807) is 12.4 Å². The second-order valence-corrected chi connectivity index (χ2v) is 7.23. The number of carbonyl (C=O) groups is 3. The molecule has 0 radical (unpaired) electrons. The molecule has 8 nitrogen and oxygen atoms in total. The van der Waals surface area contributed by atoms with E-state index in [1.807, 2.05) is 17.0 Å². The monoisotopic (exact) mass is 357 g/mol. The standard InChI is InChI=1S/C18H23N5O3/c24-15(3-6-18(13-1-2-13)16(25)20-17(26)21-18)23-11-9-22(10-12-23)14-4-7-19-8-5-14/h4-5,7-8,13H,1-3,6,9-12H2,(H2,20,21,25,26). The molecule has 2 saturated heterocycles. The summed E-state index contributed by atoms with van der Waals surface area (Å²) in [4.78, 5) is 44.6. The highest BCUT2D eigenvalue weighted by Gasteiger charge is 2.55. The van der Waals surface area contributed by atoms with Crippen molar-refractivity contribution in [1.82, 2.24) is 20.5 Å². The summed E-state index contributed by atoms with van der Waals surface area (Å²) in [6, 6.07) is 3.50. The maximum absolute atomic E-state index is 12.6. The highest BCUT2D eigenvalue weighted by atomic mass is 16.2. The van der Waals surface area contributed by atoms with Gasteiger partial charge in [-0.25, -0.2) is 4.79 Å². The average molecular weight is 357 g/mol. The van der Waals surface area contributed by atoms with Gasteiger partial charge in [0.25, 0.3) is 5.91 Å². The predicted molar refractivity (Wildman–Crippen MR) is 94.4 cm³/mol. The topological polar surface area (TPSA) is 94.6 Å². The van der Waals surface area contributed by atoms with Gasteiger partial charge in [0.1, 0.15) is 5.54 Å². The largest absolute Gasteiger partial charge is 0.368 e. The number of piperazine rings is 1. The van der Waals surface area contributed by atoms with E-state index in [0.29, 0.717) is 19.5 Å². The number of pyridine rings is 1. The fourth-order valence-corrected chi connectivity index (χ4v) is 3.98. The Bertz CT molecular complexity index is 713. The molecule has 0 spiro atoms. The second kappa shape index (κ2) is 6.59. The zero-order valence-corrected chi connectivity index (χ0v) is 14.6. The lowest BCUT2D eigenvalue weighted by atomic mass is 9.87. The maximum atomic E-state index is 12.6. The number of hydrogen-bond donors (Lipinski definition) is 2. The Kier molecular flexibility index (Phi) is 4.26. The Morgan fingerprint density at radius 2 is 1.85 bits per heavy atom. The van der Waals surface area contributed by atoms with Gasteiger partial charge in [-0.15, -0.1) is 0 Å². The van der Waals surface area contributed by atoms with Crippen LogP contribution in [0.25, 0.3) is 0 Å². The number of carbonyl (C=O) groups excluding carboxylic acids is 3. The van der Waals surface area contributed by atoms with E-state index in [0.717, 1.165) is 31.6 Å². The van der Waals surface area contributed by atoms with Crippen molar-refractivity contribution in [3.63, 3.8) is 0 Å².